The molecule has 0 radical (unpaired) electrons. The lowest BCUT2D eigenvalue weighted by atomic mass is 10.0. The lowest BCUT2D eigenvalue weighted by molar-refractivity contribution is -0.140. The number of rotatable bonds is 10. The number of nitrogens with zero attached hydrogens (tertiary/aromatic N) is 1. The minimum absolute atomic E-state index is 0.385. The average molecular weight is 370 g/mol. The van der Waals surface area contributed by atoms with Crippen LogP contribution in [0.25, 0.3) is 0 Å². The summed E-state index contributed by atoms with van der Waals surface area (Å²) >= 11 is 1.73. The number of hydrogen-bond donors (Lipinski definition) is 0. The molecule has 0 heterocycles. The van der Waals surface area contributed by atoms with Gasteiger partial charge in [0.15, 0.2) is 0 Å². The number of oxime groups is 1. The van der Waals surface area contributed by atoms with E-state index < -0.39 is 0 Å². The van der Waals surface area contributed by atoms with E-state index in [0.29, 0.717) is 0 Å². The zero-order valence-electron chi connectivity index (χ0n) is 15.6. The Bertz CT molecular complexity index is 696. The third-order valence-corrected chi connectivity index (χ3v) is 4.98. The lowest BCUT2D eigenvalue weighted by Gasteiger charge is -2.08. The van der Waals surface area contributed by atoms with E-state index in [1.807, 2.05) is 18.2 Å². The molecule has 0 saturated heterocycles. The number of unbranched alkanes of at least 4 members (excludes halogenated alkanes) is 4. The summed E-state index contributed by atoms with van der Waals surface area (Å²) in [6.45, 7) is 3.59. The Morgan fingerprint density at radius 1 is 0.923 bits per heavy atom. The summed E-state index contributed by atoms with van der Waals surface area (Å²) in [5, 5.41) is 4.09. The van der Waals surface area contributed by atoms with Crippen molar-refractivity contribution in [2.45, 2.75) is 62.2 Å². The van der Waals surface area contributed by atoms with Gasteiger partial charge in [-0.3, -0.25) is 0 Å². The Balaban J connectivity index is 2.01. The van der Waals surface area contributed by atoms with E-state index >= 15 is 0 Å². The maximum atomic E-state index is 11.1. The van der Waals surface area contributed by atoms with Gasteiger partial charge in [-0.05, 0) is 42.7 Å². The van der Waals surface area contributed by atoms with Crippen molar-refractivity contribution >= 4 is 23.4 Å². The monoisotopic (exact) mass is 369 g/mol. The van der Waals surface area contributed by atoms with Gasteiger partial charge in [-0.2, -0.15) is 0 Å². The Labute approximate surface area is 160 Å². The van der Waals surface area contributed by atoms with Crippen LogP contribution in [-0.4, -0.2) is 11.7 Å². The largest absolute Gasteiger partial charge is 0.331 e. The van der Waals surface area contributed by atoms with Crippen molar-refractivity contribution in [3.63, 3.8) is 0 Å². The van der Waals surface area contributed by atoms with E-state index in [0.717, 1.165) is 24.1 Å². The molecule has 0 aliphatic heterocycles. The maximum Gasteiger partial charge on any atom is 0.331 e. The highest BCUT2D eigenvalue weighted by Gasteiger charge is 2.07. The number of carbonyl (C=O) groups is 1. The lowest BCUT2D eigenvalue weighted by Crippen LogP contribution is -2.04. The molecule has 0 bridgehead atoms. The Hall–Kier alpha value is -2.07. The van der Waals surface area contributed by atoms with Crippen molar-refractivity contribution in [1.82, 2.24) is 0 Å². The summed E-state index contributed by atoms with van der Waals surface area (Å²) in [6, 6.07) is 18.6. The third kappa shape index (κ3) is 7.44. The Morgan fingerprint density at radius 2 is 1.58 bits per heavy atom. The van der Waals surface area contributed by atoms with Crippen LogP contribution in [0, 0.1) is 0 Å². The molecule has 0 amide bonds. The van der Waals surface area contributed by atoms with Crippen molar-refractivity contribution in [1.29, 1.82) is 0 Å². The van der Waals surface area contributed by atoms with Gasteiger partial charge in [0.05, 0.1) is 5.71 Å². The second kappa shape index (κ2) is 11.5. The van der Waals surface area contributed by atoms with Gasteiger partial charge in [0, 0.05) is 16.7 Å². The first-order valence-electron chi connectivity index (χ1n) is 9.27. The first-order valence-corrected chi connectivity index (χ1v) is 10.1. The molecule has 3 nitrogen and oxygen atoms in total. The smallest absolute Gasteiger partial charge is 0.318 e. The van der Waals surface area contributed by atoms with Gasteiger partial charge in [-0.25, -0.2) is 4.79 Å². The molecule has 0 aliphatic carbocycles. The van der Waals surface area contributed by atoms with E-state index in [9.17, 15) is 4.79 Å². The molecule has 0 aliphatic rings. The second-order valence-corrected chi connectivity index (χ2v) is 7.37. The predicted octanol–water partition coefficient (Wildman–Crippen LogP) is 6.47. The molecular formula is C22H27NO2S. The van der Waals surface area contributed by atoms with Crippen molar-refractivity contribution in [3.8, 4) is 0 Å². The summed E-state index contributed by atoms with van der Waals surface area (Å²) in [5.41, 5.74) is 1.85. The van der Waals surface area contributed by atoms with Gasteiger partial charge in [0.1, 0.15) is 0 Å². The van der Waals surface area contributed by atoms with Crippen LogP contribution < -0.4 is 0 Å². The highest BCUT2D eigenvalue weighted by Crippen LogP contribution is 2.27. The van der Waals surface area contributed by atoms with Crippen molar-refractivity contribution in [2.75, 3.05) is 0 Å². The molecule has 0 spiro atoms. The van der Waals surface area contributed by atoms with Crippen LogP contribution in [-0.2, 0) is 9.63 Å². The minimum atomic E-state index is -0.385. The van der Waals surface area contributed by atoms with E-state index in [1.54, 1.807) is 11.8 Å². The van der Waals surface area contributed by atoms with Crippen LogP contribution in [0.4, 0.5) is 0 Å². The van der Waals surface area contributed by atoms with Crippen molar-refractivity contribution in [3.05, 3.63) is 60.2 Å². The van der Waals surface area contributed by atoms with E-state index in [4.69, 9.17) is 4.84 Å². The molecule has 2 aromatic rings. The van der Waals surface area contributed by atoms with E-state index in [-0.39, 0.29) is 5.97 Å². The van der Waals surface area contributed by atoms with Crippen LogP contribution in [0.1, 0.15) is 57.9 Å². The fourth-order valence-electron chi connectivity index (χ4n) is 2.60. The SMILES string of the molecule is CCCCCCCC(=NOC(C)=O)c1ccc(Sc2ccccc2)cc1. The highest BCUT2D eigenvalue weighted by atomic mass is 32.2. The number of carbonyl (C=O) groups excluding carboxylic acids is 1. The topological polar surface area (TPSA) is 38.7 Å². The van der Waals surface area contributed by atoms with Crippen molar-refractivity contribution < 1.29 is 9.63 Å². The molecule has 2 aromatic carbocycles. The summed E-state index contributed by atoms with van der Waals surface area (Å²) in [5.74, 6) is -0.385. The zero-order valence-corrected chi connectivity index (χ0v) is 16.4. The van der Waals surface area contributed by atoms with E-state index in [2.05, 4.69) is 48.5 Å². The average Bonchev–Trinajstić information content (AvgIpc) is 2.65. The van der Waals surface area contributed by atoms with Crippen molar-refractivity contribution in [2.24, 2.45) is 5.16 Å². The molecule has 4 heteroatoms. The molecule has 0 N–H and O–H groups in total. The molecule has 2 rings (SSSR count). The standard InChI is InChI=1S/C22H27NO2S/c1-3-4-5-6-10-13-22(23-25-18(2)24)19-14-16-21(17-15-19)26-20-11-8-7-9-12-20/h7-9,11-12,14-17H,3-6,10,13H2,1-2H3. The third-order valence-electron chi connectivity index (χ3n) is 3.97. The maximum absolute atomic E-state index is 11.1. The Kier molecular flexibility index (Phi) is 8.98. The summed E-state index contributed by atoms with van der Waals surface area (Å²) in [4.78, 5) is 18.4. The minimum Gasteiger partial charge on any atom is -0.318 e. The quantitative estimate of drug-likeness (QED) is 0.209. The number of benzene rings is 2. The van der Waals surface area contributed by atoms with Gasteiger partial charge in [-0.15, -0.1) is 0 Å². The van der Waals surface area contributed by atoms with Crippen LogP contribution in [0.15, 0.2) is 69.5 Å². The summed E-state index contributed by atoms with van der Waals surface area (Å²) < 4.78 is 0. The van der Waals surface area contributed by atoms with Gasteiger partial charge in [-0.1, -0.05) is 79.9 Å². The molecule has 0 aromatic heterocycles. The summed E-state index contributed by atoms with van der Waals surface area (Å²) in [7, 11) is 0. The molecule has 0 saturated carbocycles. The first kappa shape index (κ1) is 20.2. The zero-order chi connectivity index (χ0) is 18.6. The van der Waals surface area contributed by atoms with Crippen LogP contribution in [0.2, 0.25) is 0 Å². The molecule has 0 atom stereocenters. The van der Waals surface area contributed by atoms with Gasteiger partial charge in [0.2, 0.25) is 0 Å². The predicted molar refractivity (Wildman–Crippen MR) is 109 cm³/mol. The number of hydrogen-bond acceptors (Lipinski definition) is 4. The van der Waals surface area contributed by atoms with Gasteiger partial charge >= 0.3 is 5.97 Å². The van der Waals surface area contributed by atoms with Gasteiger partial charge < -0.3 is 4.84 Å². The molecule has 0 fully saturated rings. The van der Waals surface area contributed by atoms with Crippen LogP contribution in [0.5, 0.6) is 0 Å². The highest BCUT2D eigenvalue weighted by molar-refractivity contribution is 7.99. The molecule has 0 unspecified atom stereocenters. The molecular weight excluding hydrogens is 342 g/mol. The second-order valence-electron chi connectivity index (χ2n) is 6.22. The fraction of sp³-hybridized carbons (Fsp3) is 0.364. The van der Waals surface area contributed by atoms with Crippen LogP contribution in [0.3, 0.4) is 0 Å². The molecule has 26 heavy (non-hydrogen) atoms. The summed E-state index contributed by atoms with van der Waals surface area (Å²) in [6.07, 6.45) is 6.79. The normalized spacial score (nSPS) is 11.4. The van der Waals surface area contributed by atoms with E-state index in [1.165, 1.54) is 42.4 Å². The fourth-order valence-corrected chi connectivity index (χ4v) is 3.44. The van der Waals surface area contributed by atoms with Gasteiger partial charge in [0.25, 0.3) is 0 Å². The first-order chi connectivity index (χ1) is 12.7. The molecule has 138 valence electrons. The Morgan fingerprint density at radius 3 is 2.23 bits per heavy atom. The van der Waals surface area contributed by atoms with Crippen LogP contribution >= 0.6 is 11.8 Å².